The Kier molecular flexibility index (Phi) is 5.24. The van der Waals surface area contributed by atoms with E-state index in [-0.39, 0.29) is 30.3 Å². The molecule has 0 bridgehead atoms. The molecule has 0 aromatic heterocycles. The van der Waals surface area contributed by atoms with Crippen LogP contribution in [0, 0.1) is 0 Å². The maximum Gasteiger partial charge on any atom is 0.308 e. The summed E-state index contributed by atoms with van der Waals surface area (Å²) in [7, 11) is 0. The Morgan fingerprint density at radius 2 is 1.46 bits per heavy atom. The number of amides is 2. The van der Waals surface area contributed by atoms with Gasteiger partial charge in [-0.25, -0.2) is 0 Å². The highest BCUT2D eigenvalue weighted by Gasteiger charge is 2.41. The SMILES string of the molecule is O=C(C[C@H](c1ccccc1)N1C(=O)c2ccccc2C1=O)OC1CCCCC1. The van der Waals surface area contributed by atoms with Gasteiger partial charge in [0.1, 0.15) is 6.10 Å². The zero-order valence-corrected chi connectivity index (χ0v) is 15.7. The minimum absolute atomic E-state index is 0.0357. The van der Waals surface area contributed by atoms with E-state index < -0.39 is 6.04 Å². The number of esters is 1. The van der Waals surface area contributed by atoms with Crippen molar-refractivity contribution in [1.82, 2.24) is 4.90 Å². The van der Waals surface area contributed by atoms with Crippen LogP contribution in [0.3, 0.4) is 0 Å². The van der Waals surface area contributed by atoms with Crippen molar-refractivity contribution in [2.45, 2.75) is 50.7 Å². The normalized spacial score (nSPS) is 18.1. The molecule has 0 radical (unpaired) electrons. The van der Waals surface area contributed by atoms with Gasteiger partial charge in [0.2, 0.25) is 0 Å². The van der Waals surface area contributed by atoms with E-state index in [0.717, 1.165) is 31.2 Å². The third-order valence-corrected chi connectivity index (χ3v) is 5.53. The number of ether oxygens (including phenoxy) is 1. The van der Waals surface area contributed by atoms with Gasteiger partial charge in [-0.3, -0.25) is 19.3 Å². The molecule has 0 N–H and O–H groups in total. The second-order valence-electron chi connectivity index (χ2n) is 7.41. The molecule has 1 fully saturated rings. The molecule has 2 amide bonds. The number of imide groups is 1. The molecule has 5 heteroatoms. The van der Waals surface area contributed by atoms with Crippen LogP contribution >= 0.6 is 0 Å². The Bertz CT molecular complexity index is 851. The molecule has 5 nitrogen and oxygen atoms in total. The largest absolute Gasteiger partial charge is 0.462 e. The number of fused-ring (bicyclic) bond motifs is 1. The van der Waals surface area contributed by atoms with Crippen LogP contribution in [-0.2, 0) is 9.53 Å². The first-order chi connectivity index (χ1) is 13.6. The molecule has 1 aliphatic heterocycles. The molecule has 1 saturated carbocycles. The van der Waals surface area contributed by atoms with Gasteiger partial charge in [-0.2, -0.15) is 0 Å². The van der Waals surface area contributed by atoms with Gasteiger partial charge < -0.3 is 4.74 Å². The third-order valence-electron chi connectivity index (χ3n) is 5.53. The first-order valence-corrected chi connectivity index (χ1v) is 9.86. The Hall–Kier alpha value is -2.95. The van der Waals surface area contributed by atoms with Gasteiger partial charge in [0, 0.05) is 0 Å². The van der Waals surface area contributed by atoms with Crippen LogP contribution in [0.4, 0.5) is 0 Å². The molecule has 2 aliphatic rings. The van der Waals surface area contributed by atoms with Gasteiger partial charge in [-0.15, -0.1) is 0 Å². The molecular formula is C23H23NO4. The maximum atomic E-state index is 12.9. The lowest BCUT2D eigenvalue weighted by Crippen LogP contribution is -2.36. The van der Waals surface area contributed by atoms with Crippen LogP contribution in [0.5, 0.6) is 0 Å². The third kappa shape index (κ3) is 3.57. The fraction of sp³-hybridized carbons (Fsp3) is 0.348. The standard InChI is InChI=1S/C23H23NO4/c25-21(28-17-11-5-2-6-12-17)15-20(16-9-3-1-4-10-16)24-22(26)18-13-7-8-14-19(18)23(24)27/h1,3-4,7-10,13-14,17,20H,2,5-6,11-12,15H2/t20-/m1/s1. The van der Waals surface area contributed by atoms with Gasteiger partial charge in [0.15, 0.2) is 0 Å². The molecule has 4 rings (SSSR count). The fourth-order valence-electron chi connectivity index (χ4n) is 4.10. The van der Waals surface area contributed by atoms with Crippen molar-refractivity contribution >= 4 is 17.8 Å². The number of nitrogens with zero attached hydrogens (tertiary/aromatic N) is 1. The van der Waals surface area contributed by atoms with Gasteiger partial charge in [-0.05, 0) is 43.4 Å². The second-order valence-corrected chi connectivity index (χ2v) is 7.41. The first kappa shape index (κ1) is 18.4. The Labute approximate surface area is 164 Å². The molecule has 0 saturated heterocycles. The van der Waals surface area contributed by atoms with E-state index in [2.05, 4.69) is 0 Å². The van der Waals surface area contributed by atoms with E-state index >= 15 is 0 Å². The molecule has 0 unspecified atom stereocenters. The van der Waals surface area contributed by atoms with Gasteiger partial charge in [-0.1, -0.05) is 48.9 Å². The summed E-state index contributed by atoms with van der Waals surface area (Å²) in [6.07, 6.45) is 4.99. The van der Waals surface area contributed by atoms with Crippen LogP contribution in [0.1, 0.15) is 70.8 Å². The van der Waals surface area contributed by atoms with E-state index in [4.69, 9.17) is 4.74 Å². The van der Waals surface area contributed by atoms with E-state index in [9.17, 15) is 14.4 Å². The summed E-state index contributed by atoms with van der Waals surface area (Å²) in [5.74, 6) is -1.09. The quantitative estimate of drug-likeness (QED) is 0.576. The lowest BCUT2D eigenvalue weighted by molar-refractivity contribution is -0.151. The first-order valence-electron chi connectivity index (χ1n) is 9.86. The van der Waals surface area contributed by atoms with Crippen molar-refractivity contribution in [1.29, 1.82) is 0 Å². The molecule has 1 atom stereocenters. The van der Waals surface area contributed by atoms with Crippen molar-refractivity contribution in [2.24, 2.45) is 0 Å². The molecular weight excluding hydrogens is 354 g/mol. The lowest BCUT2D eigenvalue weighted by Gasteiger charge is -2.28. The average molecular weight is 377 g/mol. The van der Waals surface area contributed by atoms with Gasteiger partial charge in [0.05, 0.1) is 23.6 Å². The van der Waals surface area contributed by atoms with E-state index in [0.29, 0.717) is 11.1 Å². The average Bonchev–Trinajstić information content (AvgIpc) is 2.98. The number of carbonyl (C=O) groups is 3. The van der Waals surface area contributed by atoms with Crippen molar-refractivity contribution in [3.05, 3.63) is 71.3 Å². The second kappa shape index (κ2) is 7.97. The fourth-order valence-corrected chi connectivity index (χ4v) is 4.10. The summed E-state index contributed by atoms with van der Waals surface area (Å²) in [4.78, 5) is 39.8. The van der Waals surface area contributed by atoms with Crippen LogP contribution < -0.4 is 0 Å². The minimum atomic E-state index is -0.676. The zero-order valence-electron chi connectivity index (χ0n) is 15.7. The highest BCUT2D eigenvalue weighted by molar-refractivity contribution is 6.21. The Morgan fingerprint density at radius 1 is 0.893 bits per heavy atom. The predicted octanol–water partition coefficient (Wildman–Crippen LogP) is 4.29. The summed E-state index contributed by atoms with van der Waals surface area (Å²) in [5.41, 5.74) is 1.51. The molecule has 2 aromatic carbocycles. The van der Waals surface area contributed by atoms with Crippen LogP contribution in [0.2, 0.25) is 0 Å². The number of carbonyl (C=O) groups excluding carboxylic acids is 3. The van der Waals surface area contributed by atoms with Crippen LogP contribution in [0.25, 0.3) is 0 Å². The summed E-state index contributed by atoms with van der Waals surface area (Å²) in [6.45, 7) is 0. The highest BCUT2D eigenvalue weighted by Crippen LogP contribution is 2.34. The number of hydrogen-bond acceptors (Lipinski definition) is 4. The predicted molar refractivity (Wildman–Crippen MR) is 104 cm³/mol. The van der Waals surface area contributed by atoms with Crippen molar-refractivity contribution in [3.63, 3.8) is 0 Å². The number of hydrogen-bond donors (Lipinski definition) is 0. The lowest BCUT2D eigenvalue weighted by atomic mass is 9.97. The highest BCUT2D eigenvalue weighted by atomic mass is 16.5. The molecule has 1 aliphatic carbocycles. The minimum Gasteiger partial charge on any atom is -0.462 e. The van der Waals surface area contributed by atoms with E-state index in [1.54, 1.807) is 24.3 Å². The molecule has 0 spiro atoms. The van der Waals surface area contributed by atoms with Crippen molar-refractivity contribution < 1.29 is 19.1 Å². The molecule has 28 heavy (non-hydrogen) atoms. The smallest absolute Gasteiger partial charge is 0.308 e. The van der Waals surface area contributed by atoms with Gasteiger partial charge in [0.25, 0.3) is 11.8 Å². The van der Waals surface area contributed by atoms with Crippen molar-refractivity contribution in [2.75, 3.05) is 0 Å². The summed E-state index contributed by atoms with van der Waals surface area (Å²) >= 11 is 0. The number of benzene rings is 2. The zero-order chi connectivity index (χ0) is 19.5. The maximum absolute atomic E-state index is 12.9. The summed E-state index contributed by atoms with van der Waals surface area (Å²) in [5, 5.41) is 0. The van der Waals surface area contributed by atoms with E-state index in [1.807, 2.05) is 30.3 Å². The topological polar surface area (TPSA) is 63.7 Å². The molecule has 144 valence electrons. The number of rotatable bonds is 5. The van der Waals surface area contributed by atoms with Crippen LogP contribution in [-0.4, -0.2) is 28.8 Å². The van der Waals surface area contributed by atoms with Crippen LogP contribution in [0.15, 0.2) is 54.6 Å². The van der Waals surface area contributed by atoms with Gasteiger partial charge >= 0.3 is 5.97 Å². The monoisotopic (exact) mass is 377 g/mol. The van der Waals surface area contributed by atoms with E-state index in [1.165, 1.54) is 11.3 Å². The molecule has 2 aromatic rings. The Morgan fingerprint density at radius 3 is 2.07 bits per heavy atom. The summed E-state index contributed by atoms with van der Waals surface area (Å²) < 4.78 is 5.66. The van der Waals surface area contributed by atoms with Crippen molar-refractivity contribution in [3.8, 4) is 0 Å². The molecule has 1 heterocycles. The Balaban J connectivity index is 1.59. The summed E-state index contributed by atoms with van der Waals surface area (Å²) in [6, 6.07) is 15.3.